The van der Waals surface area contributed by atoms with Crippen LogP contribution in [0.4, 0.5) is 4.39 Å². The first kappa shape index (κ1) is 16.3. The molecule has 0 aliphatic heterocycles. The summed E-state index contributed by atoms with van der Waals surface area (Å²) >= 11 is 1.25. The summed E-state index contributed by atoms with van der Waals surface area (Å²) in [4.78, 5) is 24.4. The van der Waals surface area contributed by atoms with Gasteiger partial charge in [0.2, 0.25) is 5.76 Å². The highest BCUT2D eigenvalue weighted by Gasteiger charge is 2.13. The average molecular weight is 344 g/mol. The summed E-state index contributed by atoms with van der Waals surface area (Å²) in [5.41, 5.74) is 0.0298. The van der Waals surface area contributed by atoms with Crippen LogP contribution in [0.3, 0.4) is 0 Å². The van der Waals surface area contributed by atoms with Crippen molar-refractivity contribution in [2.45, 2.75) is 4.90 Å². The number of carbonyl (C=O) groups is 1. The molecule has 0 amide bonds. The largest absolute Gasteiger partial charge is 0.459 e. The summed E-state index contributed by atoms with van der Waals surface area (Å²) in [7, 11) is 0. The van der Waals surface area contributed by atoms with Crippen LogP contribution in [0.1, 0.15) is 10.6 Å². The van der Waals surface area contributed by atoms with Crippen molar-refractivity contribution < 1.29 is 18.3 Å². The third kappa shape index (κ3) is 3.65. The van der Waals surface area contributed by atoms with E-state index in [0.717, 1.165) is 6.07 Å². The van der Waals surface area contributed by atoms with Crippen molar-refractivity contribution in [1.29, 1.82) is 0 Å². The Morgan fingerprint density at radius 1 is 1.12 bits per heavy atom. The summed E-state index contributed by atoms with van der Waals surface area (Å²) in [6.07, 6.45) is 0. The van der Waals surface area contributed by atoms with E-state index in [0.29, 0.717) is 21.6 Å². The summed E-state index contributed by atoms with van der Waals surface area (Å²) in [5, 5.41) is 0.407. The van der Waals surface area contributed by atoms with Crippen molar-refractivity contribution in [2.75, 3.05) is 12.4 Å². The number of para-hydroxylation sites is 1. The van der Waals surface area contributed by atoms with Crippen molar-refractivity contribution in [3.63, 3.8) is 0 Å². The maximum Gasteiger partial charge on any atom is 0.374 e. The summed E-state index contributed by atoms with van der Waals surface area (Å²) < 4.78 is 23.9. The summed E-state index contributed by atoms with van der Waals surface area (Å²) in [6, 6.07) is 14.2. The minimum Gasteiger partial charge on any atom is -0.459 e. The molecule has 1 heterocycles. The van der Waals surface area contributed by atoms with Gasteiger partial charge in [-0.1, -0.05) is 24.3 Å². The number of rotatable bonds is 5. The molecule has 0 N–H and O–H groups in total. The maximum absolute atomic E-state index is 13.5. The number of halogens is 1. The molecule has 0 radical (unpaired) electrons. The second-order valence-electron chi connectivity index (χ2n) is 4.89. The van der Waals surface area contributed by atoms with Crippen LogP contribution in [0.25, 0.3) is 11.0 Å². The van der Waals surface area contributed by atoms with E-state index in [4.69, 9.17) is 9.15 Å². The highest BCUT2D eigenvalue weighted by molar-refractivity contribution is 7.99. The Morgan fingerprint density at radius 3 is 2.71 bits per heavy atom. The minimum absolute atomic E-state index is 0.0777. The van der Waals surface area contributed by atoms with E-state index in [-0.39, 0.29) is 23.6 Å². The minimum atomic E-state index is -0.716. The molecule has 0 spiro atoms. The Bertz CT molecular complexity index is 935. The number of hydrogen-bond donors (Lipinski definition) is 0. The topological polar surface area (TPSA) is 56.5 Å². The van der Waals surface area contributed by atoms with Gasteiger partial charge < -0.3 is 9.15 Å². The first-order valence-corrected chi connectivity index (χ1v) is 8.21. The highest BCUT2D eigenvalue weighted by Crippen LogP contribution is 2.21. The van der Waals surface area contributed by atoms with Crippen LogP contribution in [0, 0.1) is 5.82 Å². The third-order valence-electron chi connectivity index (χ3n) is 3.25. The average Bonchev–Trinajstić information content (AvgIpc) is 2.60. The van der Waals surface area contributed by atoms with Gasteiger partial charge in [-0.2, -0.15) is 0 Å². The quantitative estimate of drug-likeness (QED) is 0.399. The highest BCUT2D eigenvalue weighted by atomic mass is 32.2. The third-order valence-corrected chi connectivity index (χ3v) is 4.26. The fourth-order valence-electron chi connectivity index (χ4n) is 2.12. The molecule has 0 atom stereocenters. The van der Waals surface area contributed by atoms with Gasteiger partial charge in [-0.05, 0) is 24.3 Å². The molecule has 2 aromatic carbocycles. The molecular formula is C18H13FO4S. The molecule has 6 heteroatoms. The Balaban J connectivity index is 1.61. The lowest BCUT2D eigenvalue weighted by atomic mass is 10.2. The number of esters is 1. The smallest absolute Gasteiger partial charge is 0.374 e. The molecule has 24 heavy (non-hydrogen) atoms. The maximum atomic E-state index is 13.5. The SMILES string of the molecule is O=C(OCCSc1ccccc1F)c1cc(=O)c2ccccc2o1. The van der Waals surface area contributed by atoms with Crippen LogP contribution >= 0.6 is 11.8 Å². The van der Waals surface area contributed by atoms with Crippen LogP contribution in [0.2, 0.25) is 0 Å². The van der Waals surface area contributed by atoms with Crippen molar-refractivity contribution in [2.24, 2.45) is 0 Å². The standard InChI is InChI=1S/C18H13FO4S/c19-13-6-2-4-8-17(13)24-10-9-22-18(21)16-11-14(20)12-5-1-3-7-15(12)23-16/h1-8,11H,9-10H2. The fourth-order valence-corrected chi connectivity index (χ4v) is 2.89. The number of fused-ring (bicyclic) bond motifs is 1. The zero-order chi connectivity index (χ0) is 16.9. The molecule has 4 nitrogen and oxygen atoms in total. The van der Waals surface area contributed by atoms with Crippen molar-refractivity contribution in [3.8, 4) is 0 Å². The molecule has 1 aromatic heterocycles. The van der Waals surface area contributed by atoms with Crippen LogP contribution in [-0.2, 0) is 4.74 Å². The lowest BCUT2D eigenvalue weighted by molar-refractivity contribution is 0.0494. The Hall–Kier alpha value is -2.60. The van der Waals surface area contributed by atoms with Crippen molar-refractivity contribution in [1.82, 2.24) is 0 Å². The van der Waals surface area contributed by atoms with E-state index < -0.39 is 5.97 Å². The second kappa shape index (κ2) is 7.31. The monoisotopic (exact) mass is 344 g/mol. The number of carbonyl (C=O) groups excluding carboxylic acids is 1. The Morgan fingerprint density at radius 2 is 1.88 bits per heavy atom. The van der Waals surface area contributed by atoms with Crippen LogP contribution in [0.5, 0.6) is 0 Å². The van der Waals surface area contributed by atoms with Gasteiger partial charge in [0.05, 0.1) is 5.39 Å². The Kier molecular flexibility index (Phi) is 4.96. The predicted octanol–water partition coefficient (Wildman–Crippen LogP) is 3.88. The van der Waals surface area contributed by atoms with E-state index in [1.54, 1.807) is 42.5 Å². The van der Waals surface area contributed by atoms with Gasteiger partial charge in [-0.15, -0.1) is 11.8 Å². The number of ether oxygens (including phenoxy) is 1. The molecule has 0 unspecified atom stereocenters. The molecule has 0 saturated heterocycles. The molecule has 0 saturated carbocycles. The van der Waals surface area contributed by atoms with E-state index in [2.05, 4.69) is 0 Å². The second-order valence-corrected chi connectivity index (χ2v) is 6.02. The van der Waals surface area contributed by atoms with E-state index in [1.165, 1.54) is 17.8 Å². The molecule has 0 aliphatic carbocycles. The zero-order valence-corrected chi connectivity index (χ0v) is 13.3. The molecule has 3 aromatic rings. The molecule has 3 rings (SSSR count). The lowest BCUT2D eigenvalue weighted by Crippen LogP contribution is -2.11. The zero-order valence-electron chi connectivity index (χ0n) is 12.5. The number of hydrogen-bond acceptors (Lipinski definition) is 5. The fraction of sp³-hybridized carbons (Fsp3) is 0.111. The first-order chi connectivity index (χ1) is 11.6. The molecular weight excluding hydrogens is 331 g/mol. The van der Waals surface area contributed by atoms with Crippen molar-refractivity contribution in [3.05, 3.63) is 76.4 Å². The van der Waals surface area contributed by atoms with Gasteiger partial charge >= 0.3 is 5.97 Å². The van der Waals surface area contributed by atoms with Crippen LogP contribution in [-0.4, -0.2) is 18.3 Å². The van der Waals surface area contributed by atoms with Crippen molar-refractivity contribution >= 4 is 28.7 Å². The molecule has 122 valence electrons. The predicted molar refractivity (Wildman–Crippen MR) is 89.9 cm³/mol. The van der Waals surface area contributed by atoms with E-state index in [1.807, 2.05) is 0 Å². The summed E-state index contributed by atoms with van der Waals surface area (Å²) in [6.45, 7) is 0.0777. The van der Waals surface area contributed by atoms with Gasteiger partial charge in [0, 0.05) is 16.7 Å². The van der Waals surface area contributed by atoms with E-state index in [9.17, 15) is 14.0 Å². The molecule has 0 fully saturated rings. The first-order valence-electron chi connectivity index (χ1n) is 7.22. The number of benzene rings is 2. The van der Waals surface area contributed by atoms with Crippen LogP contribution < -0.4 is 5.43 Å². The van der Waals surface area contributed by atoms with Crippen LogP contribution in [0.15, 0.2) is 68.7 Å². The molecule has 0 bridgehead atoms. The number of thioether (sulfide) groups is 1. The van der Waals surface area contributed by atoms with Gasteiger partial charge in [0.1, 0.15) is 18.0 Å². The van der Waals surface area contributed by atoms with Gasteiger partial charge in [-0.25, -0.2) is 9.18 Å². The molecule has 0 aliphatic rings. The lowest BCUT2D eigenvalue weighted by Gasteiger charge is -2.05. The van der Waals surface area contributed by atoms with Gasteiger partial charge in [0.25, 0.3) is 0 Å². The van der Waals surface area contributed by atoms with Gasteiger partial charge in [-0.3, -0.25) is 4.79 Å². The Labute approximate surface area is 141 Å². The van der Waals surface area contributed by atoms with E-state index >= 15 is 0 Å². The van der Waals surface area contributed by atoms with Gasteiger partial charge in [0.15, 0.2) is 5.43 Å². The summed E-state index contributed by atoms with van der Waals surface area (Å²) in [5.74, 6) is -0.777. The normalized spacial score (nSPS) is 10.7.